The second kappa shape index (κ2) is 7.10. The van der Waals surface area contributed by atoms with Gasteiger partial charge >= 0.3 is 6.03 Å². The lowest BCUT2D eigenvalue weighted by molar-refractivity contribution is 0.0930. The number of hydrogen-bond donors (Lipinski definition) is 3. The zero-order valence-corrected chi connectivity index (χ0v) is 13.0. The van der Waals surface area contributed by atoms with Crippen molar-refractivity contribution >= 4 is 23.7 Å². The summed E-state index contributed by atoms with van der Waals surface area (Å²) in [6.07, 6.45) is 5.04. The van der Waals surface area contributed by atoms with Crippen molar-refractivity contribution < 1.29 is 9.59 Å². The first-order chi connectivity index (χ1) is 11.2. The fraction of sp³-hybridized carbons (Fsp3) is 0.200. The molecule has 0 bridgehead atoms. The van der Waals surface area contributed by atoms with Gasteiger partial charge in [0.15, 0.2) is 0 Å². The molecule has 2 aromatic rings. The van der Waals surface area contributed by atoms with Gasteiger partial charge in [-0.25, -0.2) is 15.2 Å². The topological polar surface area (TPSA) is 96.0 Å². The molecule has 23 heavy (non-hydrogen) atoms. The van der Waals surface area contributed by atoms with E-state index >= 15 is 0 Å². The first-order valence-corrected chi connectivity index (χ1v) is 8.07. The molecule has 0 spiro atoms. The van der Waals surface area contributed by atoms with E-state index in [1.807, 2.05) is 24.3 Å². The lowest BCUT2D eigenvalue weighted by Gasteiger charge is -2.25. The Kier molecular flexibility index (Phi) is 4.72. The molecular weight excluding hydrogens is 314 g/mol. The summed E-state index contributed by atoms with van der Waals surface area (Å²) >= 11 is 1.78. The normalized spacial score (nSPS) is 16.1. The second-order valence-corrected chi connectivity index (χ2v) is 6.01. The van der Waals surface area contributed by atoms with Crippen molar-refractivity contribution in [2.45, 2.75) is 17.4 Å². The van der Waals surface area contributed by atoms with Crippen LogP contribution in [0.15, 0.2) is 47.8 Å². The number of aromatic nitrogens is 2. The molecule has 1 aromatic heterocycles. The number of nitrogens with zero attached hydrogens (tertiary/aromatic N) is 2. The van der Waals surface area contributed by atoms with Crippen LogP contribution in [0.25, 0.3) is 0 Å². The van der Waals surface area contributed by atoms with Crippen LogP contribution in [0.4, 0.5) is 4.79 Å². The minimum Gasteiger partial charge on any atom is -0.330 e. The van der Waals surface area contributed by atoms with E-state index in [0.29, 0.717) is 0 Å². The van der Waals surface area contributed by atoms with Crippen LogP contribution in [0.1, 0.15) is 28.5 Å². The summed E-state index contributed by atoms with van der Waals surface area (Å²) in [6, 6.07) is 7.45. The van der Waals surface area contributed by atoms with E-state index in [2.05, 4.69) is 26.1 Å². The van der Waals surface area contributed by atoms with Crippen LogP contribution < -0.4 is 16.2 Å². The standard InChI is InChI=1S/C15H15N5O2S/c21-14(12-9-16-6-7-17-12)19-20-15(22)18-11-5-8-23-13-4-2-1-3-10(11)13/h1-4,6-7,9,11H,5,8H2,(H,19,21)(H2,18,20,22). The van der Waals surface area contributed by atoms with E-state index in [9.17, 15) is 9.59 Å². The maximum Gasteiger partial charge on any atom is 0.333 e. The van der Waals surface area contributed by atoms with Gasteiger partial charge in [0.05, 0.1) is 12.2 Å². The lowest BCUT2D eigenvalue weighted by atomic mass is 10.0. The Balaban J connectivity index is 1.55. The van der Waals surface area contributed by atoms with Crippen LogP contribution in [0, 0.1) is 0 Å². The molecule has 1 aliphatic rings. The molecule has 2 heterocycles. The van der Waals surface area contributed by atoms with E-state index in [1.165, 1.54) is 23.5 Å². The Morgan fingerprint density at radius 3 is 2.87 bits per heavy atom. The van der Waals surface area contributed by atoms with Gasteiger partial charge in [-0.05, 0) is 18.1 Å². The highest BCUT2D eigenvalue weighted by atomic mass is 32.2. The average Bonchev–Trinajstić information content (AvgIpc) is 2.61. The van der Waals surface area contributed by atoms with Crippen LogP contribution in [0.2, 0.25) is 0 Å². The van der Waals surface area contributed by atoms with Crippen LogP contribution in [0.3, 0.4) is 0 Å². The van der Waals surface area contributed by atoms with Gasteiger partial charge < -0.3 is 5.32 Å². The SMILES string of the molecule is O=C(NNC(=O)c1cnccn1)NC1CCSc2ccccc21. The number of amides is 3. The summed E-state index contributed by atoms with van der Waals surface area (Å²) in [6.45, 7) is 0. The summed E-state index contributed by atoms with van der Waals surface area (Å²) in [4.78, 5) is 32.6. The van der Waals surface area contributed by atoms with Crippen LogP contribution >= 0.6 is 11.8 Å². The van der Waals surface area contributed by atoms with E-state index in [0.717, 1.165) is 17.7 Å². The molecule has 1 unspecified atom stereocenters. The highest BCUT2D eigenvalue weighted by Gasteiger charge is 2.22. The molecule has 118 valence electrons. The molecule has 1 atom stereocenters. The molecule has 0 radical (unpaired) electrons. The molecule has 1 aromatic carbocycles. The van der Waals surface area contributed by atoms with Crippen LogP contribution in [-0.2, 0) is 0 Å². The third-order valence-electron chi connectivity index (χ3n) is 3.35. The largest absolute Gasteiger partial charge is 0.333 e. The monoisotopic (exact) mass is 329 g/mol. The van der Waals surface area contributed by atoms with E-state index in [4.69, 9.17) is 0 Å². The predicted molar refractivity (Wildman–Crippen MR) is 85.7 cm³/mol. The highest BCUT2D eigenvalue weighted by Crippen LogP contribution is 2.35. The molecule has 0 fully saturated rings. The number of hydrogen-bond acceptors (Lipinski definition) is 5. The molecule has 0 saturated carbocycles. The third kappa shape index (κ3) is 3.78. The fourth-order valence-electron chi connectivity index (χ4n) is 2.28. The van der Waals surface area contributed by atoms with Crippen LogP contribution in [-0.4, -0.2) is 27.7 Å². The van der Waals surface area contributed by atoms with Gasteiger partial charge in [-0.15, -0.1) is 11.8 Å². The first-order valence-electron chi connectivity index (χ1n) is 7.08. The third-order valence-corrected chi connectivity index (χ3v) is 4.47. The zero-order chi connectivity index (χ0) is 16.1. The summed E-state index contributed by atoms with van der Waals surface area (Å²) in [5.41, 5.74) is 5.87. The van der Waals surface area contributed by atoms with Crippen molar-refractivity contribution in [3.8, 4) is 0 Å². The molecular formula is C15H15N5O2S. The van der Waals surface area contributed by atoms with E-state index in [-0.39, 0.29) is 11.7 Å². The van der Waals surface area contributed by atoms with Crippen molar-refractivity contribution in [3.63, 3.8) is 0 Å². The maximum atomic E-state index is 12.0. The van der Waals surface area contributed by atoms with Crippen LogP contribution in [0.5, 0.6) is 0 Å². The summed E-state index contributed by atoms with van der Waals surface area (Å²) < 4.78 is 0. The van der Waals surface area contributed by atoms with Crippen molar-refractivity contribution in [3.05, 3.63) is 54.1 Å². The number of benzene rings is 1. The minimum absolute atomic E-state index is 0.0686. The van der Waals surface area contributed by atoms with Crippen molar-refractivity contribution in [1.29, 1.82) is 0 Å². The van der Waals surface area contributed by atoms with Gasteiger partial charge in [0.1, 0.15) is 5.69 Å². The predicted octanol–water partition coefficient (Wildman–Crippen LogP) is 1.66. The number of carbonyl (C=O) groups is 2. The number of nitrogens with one attached hydrogen (secondary N) is 3. The summed E-state index contributed by atoms with van der Waals surface area (Å²) in [7, 11) is 0. The molecule has 0 saturated heterocycles. The molecule has 0 aliphatic carbocycles. The van der Waals surface area contributed by atoms with Gasteiger partial charge in [0, 0.05) is 23.0 Å². The molecule has 7 nitrogen and oxygen atoms in total. The molecule has 1 aliphatic heterocycles. The number of urea groups is 1. The van der Waals surface area contributed by atoms with Gasteiger partial charge in [-0.3, -0.25) is 15.2 Å². The van der Waals surface area contributed by atoms with Crippen molar-refractivity contribution in [2.75, 3.05) is 5.75 Å². The van der Waals surface area contributed by atoms with E-state index in [1.54, 1.807) is 11.8 Å². The Bertz CT molecular complexity index is 710. The highest BCUT2D eigenvalue weighted by molar-refractivity contribution is 7.99. The van der Waals surface area contributed by atoms with Crippen molar-refractivity contribution in [1.82, 2.24) is 26.1 Å². The molecule has 3 amide bonds. The number of carbonyl (C=O) groups excluding carboxylic acids is 2. The lowest BCUT2D eigenvalue weighted by Crippen LogP contribution is -2.48. The number of fused-ring (bicyclic) bond motifs is 1. The summed E-state index contributed by atoms with van der Waals surface area (Å²) in [5, 5.41) is 2.87. The quantitative estimate of drug-likeness (QED) is 0.728. The smallest absolute Gasteiger partial charge is 0.330 e. The average molecular weight is 329 g/mol. The van der Waals surface area contributed by atoms with Gasteiger partial charge in [-0.1, -0.05) is 18.2 Å². The Morgan fingerprint density at radius 2 is 2.04 bits per heavy atom. The maximum absolute atomic E-state index is 12.0. The Labute approximate surface area is 137 Å². The Morgan fingerprint density at radius 1 is 1.17 bits per heavy atom. The number of hydrazine groups is 1. The minimum atomic E-state index is -0.521. The number of rotatable bonds is 2. The first kappa shape index (κ1) is 15.3. The fourth-order valence-corrected chi connectivity index (χ4v) is 3.41. The van der Waals surface area contributed by atoms with Gasteiger partial charge in [-0.2, -0.15) is 0 Å². The molecule has 3 rings (SSSR count). The Hall–Kier alpha value is -2.61. The zero-order valence-electron chi connectivity index (χ0n) is 12.2. The second-order valence-electron chi connectivity index (χ2n) is 4.87. The van der Waals surface area contributed by atoms with Gasteiger partial charge in [0.2, 0.25) is 0 Å². The summed E-state index contributed by atoms with van der Waals surface area (Å²) in [5.74, 6) is 0.418. The van der Waals surface area contributed by atoms with Gasteiger partial charge in [0.25, 0.3) is 5.91 Å². The molecule has 8 heteroatoms. The number of thioether (sulfide) groups is 1. The van der Waals surface area contributed by atoms with E-state index < -0.39 is 11.9 Å². The van der Waals surface area contributed by atoms with Crippen molar-refractivity contribution in [2.24, 2.45) is 0 Å². The molecule has 3 N–H and O–H groups in total.